The Morgan fingerprint density at radius 2 is 2.35 bits per heavy atom. The predicted octanol–water partition coefficient (Wildman–Crippen LogP) is 1.79. The van der Waals surface area contributed by atoms with Crippen LogP contribution in [-0.4, -0.2) is 20.0 Å². The zero-order chi connectivity index (χ0) is 12.3. The van der Waals surface area contributed by atoms with Crippen LogP contribution >= 0.6 is 0 Å². The van der Waals surface area contributed by atoms with E-state index in [2.05, 4.69) is 47.6 Å². The summed E-state index contributed by atoms with van der Waals surface area (Å²) >= 11 is 0. The number of rotatable bonds is 5. The number of nitrogens with one attached hydrogen (secondary N) is 2. The van der Waals surface area contributed by atoms with Gasteiger partial charge in [0, 0.05) is 42.8 Å². The zero-order valence-corrected chi connectivity index (χ0v) is 10.6. The summed E-state index contributed by atoms with van der Waals surface area (Å²) in [4.78, 5) is 0. The molecule has 1 atom stereocenters. The summed E-state index contributed by atoms with van der Waals surface area (Å²) in [7, 11) is 0. The van der Waals surface area contributed by atoms with Crippen molar-refractivity contribution in [1.82, 2.24) is 25.3 Å². The summed E-state index contributed by atoms with van der Waals surface area (Å²) in [5.41, 5.74) is 3.44. The van der Waals surface area contributed by atoms with Crippen LogP contribution in [0.3, 0.4) is 0 Å². The van der Waals surface area contributed by atoms with Crippen molar-refractivity contribution in [2.24, 2.45) is 0 Å². The average molecular weight is 233 g/mol. The molecule has 2 aromatic rings. The van der Waals surface area contributed by atoms with Gasteiger partial charge in [0.05, 0.1) is 5.69 Å². The minimum atomic E-state index is 0.290. The number of nitrogens with zero attached hydrogens (tertiary/aromatic N) is 3. The quantitative estimate of drug-likeness (QED) is 0.827. The van der Waals surface area contributed by atoms with E-state index in [0.717, 1.165) is 24.5 Å². The second-order valence-corrected chi connectivity index (χ2v) is 4.21. The Morgan fingerprint density at radius 3 is 2.94 bits per heavy atom. The Hall–Kier alpha value is -1.62. The third kappa shape index (κ3) is 2.74. The summed E-state index contributed by atoms with van der Waals surface area (Å²) in [6.07, 6.45) is 3.88. The topological polar surface area (TPSA) is 58.5 Å². The minimum Gasteiger partial charge on any atom is -0.304 e. The average Bonchev–Trinajstić information content (AvgIpc) is 2.94. The highest BCUT2D eigenvalue weighted by Crippen LogP contribution is 2.16. The van der Waals surface area contributed by atoms with E-state index < -0.39 is 0 Å². The van der Waals surface area contributed by atoms with Crippen LogP contribution in [0.2, 0.25) is 0 Å². The van der Waals surface area contributed by atoms with Crippen molar-refractivity contribution >= 4 is 0 Å². The van der Waals surface area contributed by atoms with Crippen LogP contribution in [0.15, 0.2) is 18.5 Å². The molecule has 5 heteroatoms. The smallest absolute Gasteiger partial charge is 0.0641 e. The second-order valence-electron chi connectivity index (χ2n) is 4.21. The molecule has 0 aromatic carbocycles. The molecule has 0 aliphatic heterocycles. The molecule has 0 aliphatic carbocycles. The standard InChI is InChI=1S/C12H19N5/c1-4-17-8-12(10(3)16-17)9(2)13-7-11-5-6-14-15-11/h5-6,8-9,13H,4,7H2,1-3H3,(H,14,15). The fourth-order valence-corrected chi connectivity index (χ4v) is 1.88. The minimum absolute atomic E-state index is 0.290. The largest absolute Gasteiger partial charge is 0.304 e. The molecule has 0 aliphatic rings. The first-order valence-corrected chi connectivity index (χ1v) is 5.96. The van der Waals surface area contributed by atoms with E-state index in [0.29, 0.717) is 6.04 Å². The lowest BCUT2D eigenvalue weighted by atomic mass is 10.1. The highest BCUT2D eigenvalue weighted by atomic mass is 15.3. The van der Waals surface area contributed by atoms with Crippen LogP contribution in [0.5, 0.6) is 0 Å². The van der Waals surface area contributed by atoms with Crippen molar-refractivity contribution in [3.05, 3.63) is 35.4 Å². The number of aromatic nitrogens is 4. The zero-order valence-electron chi connectivity index (χ0n) is 10.6. The highest BCUT2D eigenvalue weighted by molar-refractivity contribution is 5.19. The molecule has 0 amide bonds. The molecule has 0 saturated carbocycles. The van der Waals surface area contributed by atoms with Gasteiger partial charge in [0.1, 0.15) is 0 Å². The van der Waals surface area contributed by atoms with Gasteiger partial charge < -0.3 is 5.32 Å². The molecule has 0 spiro atoms. The SMILES string of the molecule is CCn1cc(C(C)NCc2ccn[nH]2)c(C)n1. The fraction of sp³-hybridized carbons (Fsp3) is 0.500. The normalized spacial score (nSPS) is 12.9. The molecule has 0 saturated heterocycles. The summed E-state index contributed by atoms with van der Waals surface area (Å²) in [5, 5.41) is 14.8. The predicted molar refractivity (Wildman–Crippen MR) is 66.5 cm³/mol. The van der Waals surface area contributed by atoms with Gasteiger partial charge in [-0.15, -0.1) is 0 Å². The van der Waals surface area contributed by atoms with Crippen molar-refractivity contribution in [2.45, 2.75) is 39.9 Å². The van der Waals surface area contributed by atoms with Crippen LogP contribution in [0.1, 0.15) is 36.8 Å². The van der Waals surface area contributed by atoms with E-state index in [1.165, 1.54) is 5.56 Å². The lowest BCUT2D eigenvalue weighted by molar-refractivity contribution is 0.564. The van der Waals surface area contributed by atoms with E-state index in [1.807, 2.05) is 10.7 Å². The number of aromatic amines is 1. The molecule has 92 valence electrons. The first-order valence-electron chi connectivity index (χ1n) is 5.96. The number of H-pyrrole nitrogens is 1. The van der Waals surface area contributed by atoms with Gasteiger partial charge in [0.25, 0.3) is 0 Å². The van der Waals surface area contributed by atoms with E-state index in [4.69, 9.17) is 0 Å². The van der Waals surface area contributed by atoms with Crippen molar-refractivity contribution in [2.75, 3.05) is 0 Å². The Kier molecular flexibility index (Phi) is 3.58. The molecule has 0 bridgehead atoms. The van der Waals surface area contributed by atoms with Crippen molar-refractivity contribution < 1.29 is 0 Å². The van der Waals surface area contributed by atoms with Gasteiger partial charge in [0.15, 0.2) is 0 Å². The van der Waals surface area contributed by atoms with Gasteiger partial charge in [0.2, 0.25) is 0 Å². The third-order valence-corrected chi connectivity index (χ3v) is 2.93. The van der Waals surface area contributed by atoms with Gasteiger partial charge in [-0.3, -0.25) is 9.78 Å². The summed E-state index contributed by atoms with van der Waals surface area (Å²) in [5.74, 6) is 0. The van der Waals surface area contributed by atoms with Gasteiger partial charge in [-0.05, 0) is 26.8 Å². The van der Waals surface area contributed by atoms with E-state index in [1.54, 1.807) is 6.20 Å². The van der Waals surface area contributed by atoms with Gasteiger partial charge in [-0.1, -0.05) is 0 Å². The monoisotopic (exact) mass is 233 g/mol. The molecule has 2 rings (SSSR count). The van der Waals surface area contributed by atoms with Crippen LogP contribution < -0.4 is 5.32 Å². The third-order valence-electron chi connectivity index (χ3n) is 2.93. The maximum Gasteiger partial charge on any atom is 0.0641 e. The van der Waals surface area contributed by atoms with Gasteiger partial charge in [-0.2, -0.15) is 10.2 Å². The maximum atomic E-state index is 4.45. The molecular formula is C12H19N5. The molecule has 0 radical (unpaired) electrons. The maximum absolute atomic E-state index is 4.45. The Labute approximate surface area is 101 Å². The highest BCUT2D eigenvalue weighted by Gasteiger charge is 2.11. The lowest BCUT2D eigenvalue weighted by Crippen LogP contribution is -2.18. The van der Waals surface area contributed by atoms with Gasteiger partial charge >= 0.3 is 0 Å². The number of hydrogen-bond donors (Lipinski definition) is 2. The van der Waals surface area contributed by atoms with E-state index >= 15 is 0 Å². The number of aryl methyl sites for hydroxylation is 2. The van der Waals surface area contributed by atoms with Gasteiger partial charge in [-0.25, -0.2) is 0 Å². The fourth-order valence-electron chi connectivity index (χ4n) is 1.88. The molecule has 2 aromatic heterocycles. The summed E-state index contributed by atoms with van der Waals surface area (Å²) in [6, 6.07) is 2.26. The second kappa shape index (κ2) is 5.14. The molecule has 17 heavy (non-hydrogen) atoms. The number of hydrogen-bond acceptors (Lipinski definition) is 3. The molecule has 2 N–H and O–H groups in total. The Morgan fingerprint density at radius 1 is 1.53 bits per heavy atom. The lowest BCUT2D eigenvalue weighted by Gasteiger charge is -2.11. The van der Waals surface area contributed by atoms with Crippen LogP contribution in [0, 0.1) is 6.92 Å². The van der Waals surface area contributed by atoms with Crippen molar-refractivity contribution in [3.8, 4) is 0 Å². The molecular weight excluding hydrogens is 214 g/mol. The van der Waals surface area contributed by atoms with Crippen LogP contribution in [0.4, 0.5) is 0 Å². The van der Waals surface area contributed by atoms with Crippen LogP contribution in [-0.2, 0) is 13.1 Å². The summed E-state index contributed by atoms with van der Waals surface area (Å²) in [6.45, 7) is 8.00. The van der Waals surface area contributed by atoms with E-state index in [9.17, 15) is 0 Å². The molecule has 0 fully saturated rings. The van der Waals surface area contributed by atoms with Crippen LogP contribution in [0.25, 0.3) is 0 Å². The van der Waals surface area contributed by atoms with Crippen molar-refractivity contribution in [3.63, 3.8) is 0 Å². The molecule has 5 nitrogen and oxygen atoms in total. The molecule has 2 heterocycles. The van der Waals surface area contributed by atoms with Crippen molar-refractivity contribution in [1.29, 1.82) is 0 Å². The Bertz CT molecular complexity index is 457. The first kappa shape index (κ1) is 11.9. The Balaban J connectivity index is 1.99. The first-order chi connectivity index (χ1) is 8.20. The van der Waals surface area contributed by atoms with E-state index in [-0.39, 0.29) is 0 Å². The summed E-state index contributed by atoms with van der Waals surface area (Å²) < 4.78 is 1.97. The molecule has 1 unspecified atom stereocenters.